The number of aromatic nitrogens is 2. The second-order valence-electron chi connectivity index (χ2n) is 4.98. The molecule has 7 heteroatoms. The standard InChI is InChI=1S/C14H15N3O2S2/c1-21(18,19)12-4-2-3-10(7-12)13(15)8-11-9-17-5-6-20-14(17)16-11/h2-7,9,13H,8,15H2,1H3. The van der Waals surface area contributed by atoms with E-state index in [0.29, 0.717) is 11.3 Å². The molecule has 1 atom stereocenters. The zero-order valence-corrected chi connectivity index (χ0v) is 13.1. The summed E-state index contributed by atoms with van der Waals surface area (Å²) in [6.45, 7) is 0. The van der Waals surface area contributed by atoms with Crippen LogP contribution in [0.2, 0.25) is 0 Å². The molecule has 2 aromatic heterocycles. The minimum atomic E-state index is -3.22. The van der Waals surface area contributed by atoms with Gasteiger partial charge in [0.2, 0.25) is 0 Å². The zero-order valence-electron chi connectivity index (χ0n) is 11.4. The maximum atomic E-state index is 11.6. The summed E-state index contributed by atoms with van der Waals surface area (Å²) in [6.07, 6.45) is 5.67. The van der Waals surface area contributed by atoms with Crippen molar-refractivity contribution >= 4 is 26.1 Å². The summed E-state index contributed by atoms with van der Waals surface area (Å²) in [4.78, 5) is 5.72. The van der Waals surface area contributed by atoms with E-state index in [9.17, 15) is 8.42 Å². The third-order valence-electron chi connectivity index (χ3n) is 3.29. The van der Waals surface area contributed by atoms with Crippen molar-refractivity contribution in [2.75, 3.05) is 6.26 Å². The van der Waals surface area contributed by atoms with Gasteiger partial charge in [0.1, 0.15) is 0 Å². The second-order valence-corrected chi connectivity index (χ2v) is 7.87. The Kier molecular flexibility index (Phi) is 3.56. The molecule has 3 rings (SSSR count). The normalized spacial score (nSPS) is 13.6. The van der Waals surface area contributed by atoms with Gasteiger partial charge in [-0.15, -0.1) is 11.3 Å². The molecule has 0 bridgehead atoms. The van der Waals surface area contributed by atoms with Crippen LogP contribution >= 0.6 is 11.3 Å². The van der Waals surface area contributed by atoms with Gasteiger partial charge in [-0.25, -0.2) is 13.4 Å². The van der Waals surface area contributed by atoms with Crippen molar-refractivity contribution in [1.82, 2.24) is 9.38 Å². The maximum absolute atomic E-state index is 11.6. The number of hydrogen-bond acceptors (Lipinski definition) is 5. The number of benzene rings is 1. The highest BCUT2D eigenvalue weighted by molar-refractivity contribution is 7.90. The first kappa shape index (κ1) is 14.2. The quantitative estimate of drug-likeness (QED) is 0.798. The van der Waals surface area contributed by atoms with Crippen LogP contribution in [-0.2, 0) is 16.3 Å². The van der Waals surface area contributed by atoms with Gasteiger partial charge in [-0.1, -0.05) is 12.1 Å². The highest BCUT2D eigenvalue weighted by atomic mass is 32.2. The van der Waals surface area contributed by atoms with Gasteiger partial charge in [0, 0.05) is 36.5 Å². The lowest BCUT2D eigenvalue weighted by atomic mass is 10.0. The van der Waals surface area contributed by atoms with E-state index >= 15 is 0 Å². The van der Waals surface area contributed by atoms with Crippen LogP contribution in [0.15, 0.2) is 46.9 Å². The molecule has 2 N–H and O–H groups in total. The van der Waals surface area contributed by atoms with Crippen LogP contribution in [0.5, 0.6) is 0 Å². The molecule has 0 fully saturated rings. The Morgan fingerprint density at radius 2 is 2.24 bits per heavy atom. The predicted molar refractivity (Wildman–Crippen MR) is 83.3 cm³/mol. The van der Waals surface area contributed by atoms with Crippen molar-refractivity contribution < 1.29 is 8.42 Å². The van der Waals surface area contributed by atoms with Crippen LogP contribution in [0, 0.1) is 0 Å². The maximum Gasteiger partial charge on any atom is 0.193 e. The van der Waals surface area contributed by atoms with Crippen molar-refractivity contribution in [3.05, 3.63) is 53.3 Å². The van der Waals surface area contributed by atoms with Gasteiger partial charge in [0.15, 0.2) is 14.8 Å². The summed E-state index contributed by atoms with van der Waals surface area (Å²) in [7, 11) is -3.22. The summed E-state index contributed by atoms with van der Waals surface area (Å²) in [6, 6.07) is 6.50. The van der Waals surface area contributed by atoms with Gasteiger partial charge in [0.25, 0.3) is 0 Å². The van der Waals surface area contributed by atoms with E-state index in [2.05, 4.69) is 4.98 Å². The fourth-order valence-electron chi connectivity index (χ4n) is 2.19. The molecule has 0 saturated carbocycles. The average Bonchev–Trinajstić information content (AvgIpc) is 2.98. The Morgan fingerprint density at radius 3 is 2.95 bits per heavy atom. The van der Waals surface area contributed by atoms with Gasteiger partial charge >= 0.3 is 0 Å². The molecular weight excluding hydrogens is 306 g/mol. The number of fused-ring (bicyclic) bond motifs is 1. The van der Waals surface area contributed by atoms with Crippen molar-refractivity contribution in [2.24, 2.45) is 5.73 Å². The van der Waals surface area contributed by atoms with E-state index in [1.54, 1.807) is 29.5 Å². The number of thiazole rings is 1. The molecule has 5 nitrogen and oxygen atoms in total. The van der Waals surface area contributed by atoms with E-state index in [1.807, 2.05) is 28.2 Å². The fraction of sp³-hybridized carbons (Fsp3) is 0.214. The number of imidazole rings is 1. The first-order valence-electron chi connectivity index (χ1n) is 6.40. The molecular formula is C14H15N3O2S2. The molecule has 1 aromatic carbocycles. The minimum absolute atomic E-state index is 0.281. The molecule has 3 aromatic rings. The summed E-state index contributed by atoms with van der Waals surface area (Å²) < 4.78 is 25.1. The van der Waals surface area contributed by atoms with Gasteiger partial charge in [-0.2, -0.15) is 0 Å². The lowest BCUT2D eigenvalue weighted by Crippen LogP contribution is -2.14. The van der Waals surface area contributed by atoms with Crippen molar-refractivity contribution in [3.63, 3.8) is 0 Å². The summed E-state index contributed by atoms with van der Waals surface area (Å²) >= 11 is 1.57. The number of nitrogens with two attached hydrogens (primary N) is 1. The van der Waals surface area contributed by atoms with Gasteiger partial charge in [-0.3, -0.25) is 4.40 Å². The molecule has 0 aliphatic carbocycles. The largest absolute Gasteiger partial charge is 0.324 e. The third kappa shape index (κ3) is 2.99. The summed E-state index contributed by atoms with van der Waals surface area (Å²) in [5, 5.41) is 1.97. The van der Waals surface area contributed by atoms with Crippen molar-refractivity contribution in [2.45, 2.75) is 17.4 Å². The van der Waals surface area contributed by atoms with E-state index in [0.717, 1.165) is 16.2 Å². The lowest BCUT2D eigenvalue weighted by molar-refractivity contribution is 0.601. The SMILES string of the molecule is CS(=O)(=O)c1cccc(C(N)Cc2cn3ccsc3n2)c1. The Labute approximate surface area is 127 Å². The zero-order chi connectivity index (χ0) is 15.0. The molecule has 0 amide bonds. The fourth-order valence-corrected chi connectivity index (χ4v) is 3.59. The Bertz CT molecular complexity index is 852. The third-order valence-corrected chi connectivity index (χ3v) is 5.17. The monoisotopic (exact) mass is 321 g/mol. The highest BCUT2D eigenvalue weighted by Crippen LogP contribution is 2.20. The van der Waals surface area contributed by atoms with Crippen LogP contribution in [0.25, 0.3) is 4.96 Å². The molecule has 2 heterocycles. The van der Waals surface area contributed by atoms with Crippen LogP contribution in [0.3, 0.4) is 0 Å². The molecule has 0 saturated heterocycles. The van der Waals surface area contributed by atoms with E-state index in [-0.39, 0.29) is 6.04 Å². The van der Waals surface area contributed by atoms with Crippen LogP contribution < -0.4 is 5.73 Å². The molecule has 0 spiro atoms. The second kappa shape index (κ2) is 5.25. The average molecular weight is 321 g/mol. The summed E-state index contributed by atoms with van der Waals surface area (Å²) in [5.74, 6) is 0. The van der Waals surface area contributed by atoms with E-state index in [1.165, 1.54) is 6.26 Å². The first-order valence-corrected chi connectivity index (χ1v) is 9.17. The Morgan fingerprint density at radius 1 is 1.43 bits per heavy atom. The van der Waals surface area contributed by atoms with Crippen molar-refractivity contribution in [3.8, 4) is 0 Å². The lowest BCUT2D eigenvalue weighted by Gasteiger charge is -2.11. The van der Waals surface area contributed by atoms with Crippen molar-refractivity contribution in [1.29, 1.82) is 0 Å². The number of nitrogens with zero attached hydrogens (tertiary/aromatic N) is 2. The minimum Gasteiger partial charge on any atom is -0.324 e. The van der Waals surface area contributed by atoms with E-state index in [4.69, 9.17) is 5.73 Å². The van der Waals surface area contributed by atoms with E-state index < -0.39 is 9.84 Å². The molecule has 1 unspecified atom stereocenters. The van der Waals surface area contributed by atoms with Crippen LogP contribution in [0.1, 0.15) is 17.3 Å². The Hall–Kier alpha value is -1.70. The first-order chi connectivity index (χ1) is 9.93. The number of hydrogen-bond donors (Lipinski definition) is 1. The molecule has 0 radical (unpaired) electrons. The number of sulfone groups is 1. The molecule has 0 aliphatic heterocycles. The molecule has 21 heavy (non-hydrogen) atoms. The van der Waals surface area contributed by atoms with Gasteiger partial charge in [-0.05, 0) is 17.7 Å². The van der Waals surface area contributed by atoms with Gasteiger partial charge in [0.05, 0.1) is 10.6 Å². The topological polar surface area (TPSA) is 77.5 Å². The molecule has 110 valence electrons. The summed E-state index contributed by atoms with van der Waals surface area (Å²) in [5.41, 5.74) is 7.89. The van der Waals surface area contributed by atoms with Crippen LogP contribution in [0.4, 0.5) is 0 Å². The van der Waals surface area contributed by atoms with Gasteiger partial charge < -0.3 is 5.73 Å². The van der Waals surface area contributed by atoms with Crippen LogP contribution in [-0.4, -0.2) is 24.1 Å². The highest BCUT2D eigenvalue weighted by Gasteiger charge is 2.13. The smallest absolute Gasteiger partial charge is 0.193 e. The predicted octanol–water partition coefficient (Wildman–Crippen LogP) is 2.04. The molecule has 0 aliphatic rings. The number of rotatable bonds is 4. The Balaban J connectivity index is 1.85.